The number of ether oxygens (including phenoxy) is 5. The topological polar surface area (TPSA) is 189 Å². The van der Waals surface area contributed by atoms with E-state index in [2.05, 4.69) is 14.2 Å². The van der Waals surface area contributed by atoms with Gasteiger partial charge in [-0.05, 0) is 5.53 Å². The third-order valence-electron chi connectivity index (χ3n) is 3.70. The van der Waals surface area contributed by atoms with Crippen LogP contribution in [0.15, 0.2) is 5.11 Å². The zero-order valence-electron chi connectivity index (χ0n) is 17.4. The molecule has 5 atom stereocenters. The molecule has 0 N–H and O–H groups in total. The lowest BCUT2D eigenvalue weighted by molar-refractivity contribution is -0.300. The van der Waals surface area contributed by atoms with E-state index in [1.165, 1.54) is 0 Å². The van der Waals surface area contributed by atoms with Gasteiger partial charge in [0, 0.05) is 32.2 Å². The highest BCUT2D eigenvalue weighted by Gasteiger charge is 2.57. The lowest BCUT2D eigenvalue weighted by Crippen LogP contribution is -2.63. The molecule has 0 aromatic rings. The van der Waals surface area contributed by atoms with Crippen molar-refractivity contribution in [3.63, 3.8) is 0 Å². The number of hydrogen-bond acceptors (Lipinski definition) is 12. The first-order valence-corrected chi connectivity index (χ1v) is 10.4. The van der Waals surface area contributed by atoms with Crippen LogP contribution in [0.1, 0.15) is 20.8 Å². The van der Waals surface area contributed by atoms with Crippen molar-refractivity contribution >= 4 is 28.0 Å². The Labute approximate surface area is 184 Å². The quantitative estimate of drug-likeness (QED) is 0.0591. The summed E-state index contributed by atoms with van der Waals surface area (Å²) < 4.78 is 91.5. The first kappa shape index (κ1) is 28.4. The van der Waals surface area contributed by atoms with Crippen LogP contribution >= 0.6 is 0 Å². The normalized spacial score (nSPS) is 25.5. The Hall–Kier alpha value is -2.66. The van der Waals surface area contributed by atoms with Gasteiger partial charge in [-0.25, -0.2) is 0 Å². The summed E-state index contributed by atoms with van der Waals surface area (Å²) in [5, 5.41) is 3.13. The highest BCUT2D eigenvalue weighted by Crippen LogP contribution is 2.34. The molecular formula is C15H20F3N3O11S. The zero-order valence-corrected chi connectivity index (χ0v) is 18.2. The van der Waals surface area contributed by atoms with Gasteiger partial charge in [0.2, 0.25) is 0 Å². The summed E-state index contributed by atoms with van der Waals surface area (Å²) in [7, 11) is -6.29. The van der Waals surface area contributed by atoms with Gasteiger partial charge in [0.1, 0.15) is 12.7 Å². The second kappa shape index (κ2) is 12.0. The number of carbonyl (C=O) groups is 3. The van der Waals surface area contributed by atoms with Gasteiger partial charge in [-0.2, -0.15) is 21.6 Å². The second-order valence-corrected chi connectivity index (χ2v) is 7.84. The van der Waals surface area contributed by atoms with E-state index in [-0.39, 0.29) is 6.54 Å². The van der Waals surface area contributed by atoms with Crippen molar-refractivity contribution < 1.29 is 63.8 Å². The Balaban J connectivity index is 3.46. The summed E-state index contributed by atoms with van der Waals surface area (Å²) in [6.07, 6.45) is -9.59. The van der Waals surface area contributed by atoms with Crippen molar-refractivity contribution in [1.29, 1.82) is 0 Å². The minimum atomic E-state index is -6.29. The van der Waals surface area contributed by atoms with Gasteiger partial charge in [0.05, 0.1) is 6.61 Å². The Bertz CT molecular complexity index is 876. The SMILES string of the molecule is CC(=O)OC[C@H]1O[C@@H](OCCN=[N+]=[N-])[C@@H](OS(=O)(=O)C(F)(F)F)[C@@H](OC(C)=O)[C@@H]1OC(C)=O. The molecular weight excluding hydrogens is 487 g/mol. The maximum Gasteiger partial charge on any atom is 0.523 e. The third-order valence-corrected chi connectivity index (χ3v) is 4.75. The van der Waals surface area contributed by atoms with Crippen LogP contribution in [-0.2, 0) is 52.4 Å². The number of azide groups is 1. The van der Waals surface area contributed by atoms with Gasteiger partial charge in [-0.15, -0.1) is 0 Å². The molecule has 0 saturated carbocycles. The van der Waals surface area contributed by atoms with E-state index in [1.807, 2.05) is 0 Å². The van der Waals surface area contributed by atoms with E-state index >= 15 is 0 Å². The molecule has 0 amide bonds. The van der Waals surface area contributed by atoms with Crippen molar-refractivity contribution in [3.05, 3.63) is 10.4 Å². The fourth-order valence-electron chi connectivity index (χ4n) is 2.56. The van der Waals surface area contributed by atoms with Crippen molar-refractivity contribution in [2.24, 2.45) is 5.11 Å². The molecule has 33 heavy (non-hydrogen) atoms. The molecule has 1 aliphatic rings. The van der Waals surface area contributed by atoms with Crippen LogP contribution in [0.25, 0.3) is 10.4 Å². The molecule has 18 heteroatoms. The molecule has 0 unspecified atom stereocenters. The van der Waals surface area contributed by atoms with Crippen molar-refractivity contribution in [1.82, 2.24) is 0 Å². The van der Waals surface area contributed by atoms with E-state index in [9.17, 15) is 36.0 Å². The Morgan fingerprint density at radius 2 is 1.61 bits per heavy atom. The average molecular weight is 507 g/mol. The molecule has 188 valence electrons. The summed E-state index contributed by atoms with van der Waals surface area (Å²) in [4.78, 5) is 36.8. The lowest BCUT2D eigenvalue weighted by atomic mass is 9.98. The maximum atomic E-state index is 13.0. The summed E-state index contributed by atoms with van der Waals surface area (Å²) in [6, 6.07) is 0. The largest absolute Gasteiger partial charge is 0.523 e. The van der Waals surface area contributed by atoms with E-state index in [0.717, 1.165) is 20.8 Å². The molecule has 14 nitrogen and oxygen atoms in total. The average Bonchev–Trinajstić information content (AvgIpc) is 2.66. The van der Waals surface area contributed by atoms with Crippen molar-refractivity contribution in [2.45, 2.75) is 57.0 Å². The monoisotopic (exact) mass is 507 g/mol. The molecule has 1 rings (SSSR count). The maximum absolute atomic E-state index is 13.0. The van der Waals surface area contributed by atoms with Gasteiger partial charge in [0.15, 0.2) is 24.6 Å². The summed E-state index contributed by atoms with van der Waals surface area (Å²) in [6.45, 7) is 1.26. The molecule has 0 aromatic heterocycles. The lowest BCUT2D eigenvalue weighted by Gasteiger charge is -2.44. The number of halogens is 3. The van der Waals surface area contributed by atoms with E-state index in [1.54, 1.807) is 0 Å². The van der Waals surface area contributed by atoms with Gasteiger partial charge in [-0.1, -0.05) is 5.11 Å². The predicted octanol–water partition coefficient (Wildman–Crippen LogP) is 0.699. The number of carbonyl (C=O) groups excluding carboxylic acids is 3. The molecule has 0 spiro atoms. The smallest absolute Gasteiger partial charge is 0.463 e. The summed E-state index contributed by atoms with van der Waals surface area (Å²) in [5.41, 5.74) is 2.43. The fourth-order valence-corrected chi connectivity index (χ4v) is 3.17. The minimum absolute atomic E-state index is 0.352. The van der Waals surface area contributed by atoms with Crippen LogP contribution in [0.3, 0.4) is 0 Å². The van der Waals surface area contributed by atoms with Crippen LogP contribution in [0, 0.1) is 0 Å². The van der Waals surface area contributed by atoms with Crippen molar-refractivity contribution in [3.8, 4) is 0 Å². The highest BCUT2D eigenvalue weighted by atomic mass is 32.2. The molecule has 0 aliphatic carbocycles. The number of nitrogens with zero attached hydrogens (tertiary/aromatic N) is 3. The van der Waals surface area contributed by atoms with Crippen molar-refractivity contribution in [2.75, 3.05) is 19.8 Å². The Morgan fingerprint density at radius 1 is 1.03 bits per heavy atom. The number of hydrogen-bond donors (Lipinski definition) is 0. The molecule has 1 saturated heterocycles. The van der Waals surface area contributed by atoms with Gasteiger partial charge in [0.25, 0.3) is 0 Å². The van der Waals surface area contributed by atoms with E-state index in [0.29, 0.717) is 0 Å². The standard InChI is InChI=1S/C15H20F3N3O11S/c1-7(22)28-6-10-11(29-8(2)23)12(30-9(3)24)13(32-33(25,26)15(16,17)18)14(31-10)27-5-4-20-21-19/h10-14H,4-6H2,1-3H3/t10-,11-,12+,13+,14-/m1/s1. The highest BCUT2D eigenvalue weighted by molar-refractivity contribution is 7.87. The van der Waals surface area contributed by atoms with Gasteiger partial charge >= 0.3 is 33.5 Å². The molecule has 1 heterocycles. The second-order valence-electron chi connectivity index (χ2n) is 6.28. The predicted molar refractivity (Wildman–Crippen MR) is 96.2 cm³/mol. The molecule has 1 aliphatic heterocycles. The zero-order chi connectivity index (χ0) is 25.4. The Kier molecular flexibility index (Phi) is 10.3. The molecule has 1 fully saturated rings. The first-order chi connectivity index (χ1) is 15.2. The van der Waals surface area contributed by atoms with Gasteiger partial charge < -0.3 is 23.7 Å². The van der Waals surface area contributed by atoms with Crippen LogP contribution in [0.2, 0.25) is 0 Å². The minimum Gasteiger partial charge on any atom is -0.463 e. The van der Waals surface area contributed by atoms with Crippen LogP contribution < -0.4 is 0 Å². The number of rotatable bonds is 10. The number of alkyl halides is 3. The van der Waals surface area contributed by atoms with Crippen LogP contribution in [0.5, 0.6) is 0 Å². The fraction of sp³-hybridized carbons (Fsp3) is 0.800. The first-order valence-electron chi connectivity index (χ1n) is 8.95. The molecule has 0 bridgehead atoms. The molecule has 0 radical (unpaired) electrons. The van der Waals surface area contributed by atoms with Crippen LogP contribution in [0.4, 0.5) is 13.2 Å². The van der Waals surface area contributed by atoms with Crippen LogP contribution in [-0.4, -0.2) is 82.3 Å². The number of esters is 3. The van der Waals surface area contributed by atoms with E-state index < -0.39 is 77.5 Å². The molecule has 0 aromatic carbocycles. The Morgan fingerprint density at radius 3 is 2.09 bits per heavy atom. The van der Waals surface area contributed by atoms with E-state index in [4.69, 9.17) is 29.2 Å². The third kappa shape index (κ3) is 8.65. The summed E-state index contributed by atoms with van der Waals surface area (Å²) in [5.74, 6) is -2.95. The van der Waals surface area contributed by atoms with Gasteiger partial charge in [-0.3, -0.25) is 18.6 Å². The summed E-state index contributed by atoms with van der Waals surface area (Å²) >= 11 is 0.